The number of hydrogen-bond donors (Lipinski definition) is 1. The first kappa shape index (κ1) is 16.0. The van der Waals surface area contributed by atoms with Gasteiger partial charge in [-0.2, -0.15) is 0 Å². The highest BCUT2D eigenvalue weighted by atomic mass is 35.5. The number of carbonyl (C=O) groups excluding carboxylic acids is 1. The molecule has 0 spiro atoms. The zero-order valence-corrected chi connectivity index (χ0v) is 13.3. The van der Waals surface area contributed by atoms with E-state index >= 15 is 0 Å². The number of hydrogen-bond acceptors (Lipinski definition) is 1. The summed E-state index contributed by atoms with van der Waals surface area (Å²) in [5.41, 5.74) is 4.00. The van der Waals surface area contributed by atoms with Crippen LogP contribution in [0.15, 0.2) is 12.1 Å². The van der Waals surface area contributed by atoms with Crippen molar-refractivity contribution < 1.29 is 4.79 Å². The predicted molar refractivity (Wildman–Crippen MR) is 82.1 cm³/mol. The van der Waals surface area contributed by atoms with E-state index in [0.29, 0.717) is 12.5 Å². The summed E-state index contributed by atoms with van der Waals surface area (Å²) in [7, 11) is 0. The molecule has 0 saturated heterocycles. The van der Waals surface area contributed by atoms with Gasteiger partial charge in [-0.05, 0) is 44.2 Å². The minimum Gasteiger partial charge on any atom is -0.351 e. The Morgan fingerprint density at radius 1 is 1.21 bits per heavy atom. The fraction of sp³-hybridized carbons (Fsp3) is 0.562. The van der Waals surface area contributed by atoms with Gasteiger partial charge in [0.1, 0.15) is 0 Å². The Kier molecular flexibility index (Phi) is 5.86. The van der Waals surface area contributed by atoms with Crippen molar-refractivity contribution in [3.05, 3.63) is 34.4 Å². The van der Waals surface area contributed by atoms with E-state index in [9.17, 15) is 4.79 Å². The monoisotopic (exact) mass is 281 g/mol. The van der Waals surface area contributed by atoms with Crippen LogP contribution in [-0.4, -0.2) is 17.8 Å². The van der Waals surface area contributed by atoms with E-state index in [1.54, 1.807) is 0 Å². The number of nitrogens with one attached hydrogen (secondary N) is 1. The van der Waals surface area contributed by atoms with Crippen molar-refractivity contribution in [2.24, 2.45) is 5.92 Å². The summed E-state index contributed by atoms with van der Waals surface area (Å²) in [4.78, 5) is 12.2. The Balaban J connectivity index is 2.69. The lowest BCUT2D eigenvalue weighted by atomic mass is 9.99. The second-order valence-corrected chi connectivity index (χ2v) is 6.33. The van der Waals surface area contributed by atoms with Crippen LogP contribution in [0.3, 0.4) is 0 Å². The molecule has 0 heterocycles. The van der Waals surface area contributed by atoms with Crippen molar-refractivity contribution in [1.29, 1.82) is 0 Å². The van der Waals surface area contributed by atoms with Crippen LogP contribution in [0, 0.1) is 26.7 Å². The summed E-state index contributed by atoms with van der Waals surface area (Å²) in [5.74, 6) is 0.520. The Morgan fingerprint density at radius 3 is 2.21 bits per heavy atom. The van der Waals surface area contributed by atoms with E-state index in [-0.39, 0.29) is 11.3 Å². The first-order valence-corrected chi connectivity index (χ1v) is 7.25. The molecular formula is C16H24ClNO. The third-order valence-electron chi connectivity index (χ3n) is 3.12. The van der Waals surface area contributed by atoms with Crippen LogP contribution >= 0.6 is 11.6 Å². The van der Waals surface area contributed by atoms with Crippen LogP contribution in [0.1, 0.15) is 47.3 Å². The Labute approximate surface area is 121 Å². The van der Waals surface area contributed by atoms with Crippen LogP contribution in [0.2, 0.25) is 0 Å². The minimum absolute atomic E-state index is 0.00462. The summed E-state index contributed by atoms with van der Waals surface area (Å²) >= 11 is 6.20. The summed E-state index contributed by atoms with van der Waals surface area (Å²) in [6.07, 6.45) is 0.910. The molecular weight excluding hydrogens is 258 g/mol. The van der Waals surface area contributed by atoms with Crippen molar-refractivity contribution in [1.82, 2.24) is 5.32 Å². The summed E-state index contributed by atoms with van der Waals surface area (Å²) < 4.78 is 0. The molecule has 0 saturated carbocycles. The molecule has 1 amide bonds. The van der Waals surface area contributed by atoms with Crippen LogP contribution in [0.4, 0.5) is 0 Å². The molecule has 1 aromatic carbocycles. The number of carbonyl (C=O) groups is 1. The van der Waals surface area contributed by atoms with Crippen molar-refractivity contribution in [2.75, 3.05) is 6.54 Å². The molecule has 0 aliphatic heterocycles. The highest BCUT2D eigenvalue weighted by Gasteiger charge is 2.14. The Hall–Kier alpha value is -1.02. The average Bonchev–Trinajstić information content (AvgIpc) is 2.23. The lowest BCUT2D eigenvalue weighted by molar-refractivity contribution is 0.0951. The van der Waals surface area contributed by atoms with E-state index < -0.39 is 0 Å². The molecule has 3 heteroatoms. The molecule has 2 nitrogen and oxygen atoms in total. The standard InChI is InChI=1S/C16H24ClNO/c1-10(2)6-14(17)9-18-16(19)15-12(4)7-11(3)8-13(15)5/h7-8,10,14H,6,9H2,1-5H3,(H,18,19). The van der Waals surface area contributed by atoms with Gasteiger partial charge in [0.2, 0.25) is 0 Å². The quantitative estimate of drug-likeness (QED) is 0.812. The molecule has 19 heavy (non-hydrogen) atoms. The normalized spacial score (nSPS) is 12.6. The van der Waals surface area contributed by atoms with Gasteiger partial charge in [-0.3, -0.25) is 4.79 Å². The molecule has 0 aromatic heterocycles. The average molecular weight is 282 g/mol. The van der Waals surface area contributed by atoms with Gasteiger partial charge < -0.3 is 5.32 Å². The summed E-state index contributed by atoms with van der Waals surface area (Å²) in [5, 5.41) is 2.93. The number of rotatable bonds is 5. The zero-order chi connectivity index (χ0) is 14.6. The SMILES string of the molecule is Cc1cc(C)c(C(=O)NCC(Cl)CC(C)C)c(C)c1. The van der Waals surface area contributed by atoms with Gasteiger partial charge in [0.25, 0.3) is 5.91 Å². The fourth-order valence-electron chi connectivity index (χ4n) is 2.42. The van der Waals surface area contributed by atoms with Gasteiger partial charge in [0.05, 0.1) is 5.38 Å². The Bertz CT molecular complexity index is 431. The molecule has 0 fully saturated rings. The van der Waals surface area contributed by atoms with E-state index in [1.165, 1.54) is 5.56 Å². The van der Waals surface area contributed by atoms with Gasteiger partial charge >= 0.3 is 0 Å². The van der Waals surface area contributed by atoms with Gasteiger partial charge in [-0.1, -0.05) is 31.5 Å². The molecule has 0 aliphatic rings. The van der Waals surface area contributed by atoms with Crippen molar-refractivity contribution in [3.8, 4) is 0 Å². The van der Waals surface area contributed by atoms with Crippen molar-refractivity contribution in [2.45, 2.75) is 46.4 Å². The molecule has 1 rings (SSSR count). The predicted octanol–water partition coefficient (Wildman–Crippen LogP) is 4.00. The third-order valence-corrected chi connectivity index (χ3v) is 3.45. The van der Waals surface area contributed by atoms with E-state index in [4.69, 9.17) is 11.6 Å². The second-order valence-electron chi connectivity index (χ2n) is 5.71. The van der Waals surface area contributed by atoms with Gasteiger partial charge in [-0.25, -0.2) is 0 Å². The van der Waals surface area contributed by atoms with Crippen molar-refractivity contribution in [3.63, 3.8) is 0 Å². The topological polar surface area (TPSA) is 29.1 Å². The molecule has 0 bridgehead atoms. The van der Waals surface area contributed by atoms with Gasteiger partial charge in [-0.15, -0.1) is 11.6 Å². The maximum absolute atomic E-state index is 12.2. The van der Waals surface area contributed by atoms with Crippen LogP contribution in [0.5, 0.6) is 0 Å². The molecule has 1 atom stereocenters. The van der Waals surface area contributed by atoms with E-state index in [0.717, 1.165) is 23.1 Å². The smallest absolute Gasteiger partial charge is 0.251 e. The summed E-state index contributed by atoms with van der Waals surface area (Å²) in [6, 6.07) is 4.07. The fourth-order valence-corrected chi connectivity index (χ4v) is 2.86. The van der Waals surface area contributed by atoms with E-state index in [1.807, 2.05) is 32.9 Å². The minimum atomic E-state index is -0.0237. The highest BCUT2D eigenvalue weighted by Crippen LogP contribution is 2.16. The molecule has 1 unspecified atom stereocenters. The number of aryl methyl sites for hydroxylation is 3. The van der Waals surface area contributed by atoms with Crippen LogP contribution < -0.4 is 5.32 Å². The second kappa shape index (κ2) is 6.95. The largest absolute Gasteiger partial charge is 0.351 e. The maximum Gasteiger partial charge on any atom is 0.251 e. The lowest BCUT2D eigenvalue weighted by Gasteiger charge is -2.15. The third kappa shape index (κ3) is 4.87. The maximum atomic E-state index is 12.2. The van der Waals surface area contributed by atoms with Gasteiger partial charge in [0, 0.05) is 12.1 Å². The number of amides is 1. The first-order valence-electron chi connectivity index (χ1n) is 6.81. The van der Waals surface area contributed by atoms with Crippen molar-refractivity contribution >= 4 is 17.5 Å². The van der Waals surface area contributed by atoms with Crippen LogP contribution in [-0.2, 0) is 0 Å². The number of alkyl halides is 1. The summed E-state index contributed by atoms with van der Waals surface area (Å²) in [6.45, 7) is 10.8. The lowest BCUT2D eigenvalue weighted by Crippen LogP contribution is -2.31. The van der Waals surface area contributed by atoms with Gasteiger partial charge in [0.15, 0.2) is 0 Å². The highest BCUT2D eigenvalue weighted by molar-refractivity contribution is 6.21. The molecule has 1 N–H and O–H groups in total. The molecule has 1 aromatic rings. The van der Waals surface area contributed by atoms with E-state index in [2.05, 4.69) is 19.2 Å². The molecule has 0 aliphatic carbocycles. The zero-order valence-electron chi connectivity index (χ0n) is 12.5. The first-order chi connectivity index (χ1) is 8.81. The molecule has 106 valence electrons. The Morgan fingerprint density at radius 2 is 1.74 bits per heavy atom. The number of benzene rings is 1. The van der Waals surface area contributed by atoms with Crippen LogP contribution in [0.25, 0.3) is 0 Å². The molecule has 0 radical (unpaired) electrons. The number of halogens is 1.